The maximum Gasteiger partial charge on any atom is 0.213 e. The fourth-order valence-electron chi connectivity index (χ4n) is 4.18. The number of hydrogen-bond acceptors (Lipinski definition) is 3. The van der Waals surface area contributed by atoms with E-state index in [4.69, 9.17) is 9.47 Å². The number of hydrogen-bond donors (Lipinski definition) is 0. The molecule has 0 radical (unpaired) electrons. The second-order valence-electron chi connectivity index (χ2n) is 9.23. The number of rotatable bonds is 15. The summed E-state index contributed by atoms with van der Waals surface area (Å²) >= 11 is 0. The molecule has 0 bridgehead atoms. The van der Waals surface area contributed by atoms with Crippen molar-refractivity contribution in [2.24, 2.45) is 5.92 Å². The molecule has 4 heteroatoms. The van der Waals surface area contributed by atoms with E-state index in [2.05, 4.69) is 25.8 Å². The fourth-order valence-corrected chi connectivity index (χ4v) is 4.18. The minimum atomic E-state index is -0.290. The molecular weight excluding hydrogens is 413 g/mol. The number of unbranched alkanes of at least 4 members (excludes halogenated alkanes) is 6. The Morgan fingerprint density at radius 1 is 0.758 bits per heavy atom. The SMILES string of the molecule is CCCCCCCOc1ccc2c(ccc3c(F)c(OCCCCCC(C)CC)ccc32)n1. The molecule has 0 aliphatic carbocycles. The highest BCUT2D eigenvalue weighted by atomic mass is 19.1. The van der Waals surface area contributed by atoms with E-state index in [0.717, 1.165) is 41.5 Å². The van der Waals surface area contributed by atoms with E-state index in [9.17, 15) is 0 Å². The average Bonchev–Trinajstić information content (AvgIpc) is 2.84. The van der Waals surface area contributed by atoms with E-state index in [1.54, 1.807) is 12.1 Å². The summed E-state index contributed by atoms with van der Waals surface area (Å²) in [6.07, 6.45) is 11.8. The predicted octanol–water partition coefficient (Wildman–Crippen LogP) is 8.86. The molecule has 0 aliphatic heterocycles. The monoisotopic (exact) mass is 453 g/mol. The maximum absolute atomic E-state index is 15.1. The number of aromatic nitrogens is 1. The third-order valence-electron chi connectivity index (χ3n) is 6.54. The molecule has 0 saturated carbocycles. The molecule has 33 heavy (non-hydrogen) atoms. The summed E-state index contributed by atoms with van der Waals surface area (Å²) < 4.78 is 26.7. The number of halogens is 1. The maximum atomic E-state index is 15.1. The molecule has 0 saturated heterocycles. The Balaban J connectivity index is 1.59. The van der Waals surface area contributed by atoms with Crippen LogP contribution in [0.3, 0.4) is 0 Å². The van der Waals surface area contributed by atoms with Crippen LogP contribution in [0.25, 0.3) is 21.7 Å². The number of fused-ring (bicyclic) bond motifs is 3. The molecule has 0 N–H and O–H groups in total. The van der Waals surface area contributed by atoms with Crippen molar-refractivity contribution in [3.8, 4) is 11.6 Å². The van der Waals surface area contributed by atoms with Gasteiger partial charge in [0, 0.05) is 16.8 Å². The van der Waals surface area contributed by atoms with Gasteiger partial charge in [0.2, 0.25) is 5.88 Å². The molecule has 180 valence electrons. The predicted molar refractivity (Wildman–Crippen MR) is 137 cm³/mol. The van der Waals surface area contributed by atoms with Gasteiger partial charge >= 0.3 is 0 Å². The zero-order valence-corrected chi connectivity index (χ0v) is 20.7. The Morgan fingerprint density at radius 3 is 2.24 bits per heavy atom. The van der Waals surface area contributed by atoms with Crippen LogP contribution in [0.2, 0.25) is 0 Å². The van der Waals surface area contributed by atoms with Crippen molar-refractivity contribution >= 4 is 21.7 Å². The van der Waals surface area contributed by atoms with Crippen LogP contribution in [-0.2, 0) is 0 Å². The molecule has 0 amide bonds. The Kier molecular flexibility index (Phi) is 10.2. The van der Waals surface area contributed by atoms with E-state index >= 15 is 4.39 Å². The van der Waals surface area contributed by atoms with E-state index in [-0.39, 0.29) is 5.82 Å². The van der Waals surface area contributed by atoms with Crippen molar-refractivity contribution in [1.29, 1.82) is 0 Å². The van der Waals surface area contributed by atoms with Crippen LogP contribution in [0.15, 0.2) is 36.4 Å². The molecule has 0 spiro atoms. The minimum absolute atomic E-state index is 0.290. The second kappa shape index (κ2) is 13.4. The van der Waals surface area contributed by atoms with E-state index in [1.807, 2.05) is 24.3 Å². The molecule has 3 rings (SSSR count). The zero-order chi connectivity index (χ0) is 23.5. The van der Waals surface area contributed by atoms with Crippen molar-refractivity contribution in [3.63, 3.8) is 0 Å². The summed E-state index contributed by atoms with van der Waals surface area (Å²) in [6, 6.07) is 11.2. The average molecular weight is 454 g/mol. The zero-order valence-electron chi connectivity index (χ0n) is 20.7. The summed E-state index contributed by atoms with van der Waals surface area (Å²) in [5, 5.41) is 2.35. The van der Waals surface area contributed by atoms with Gasteiger partial charge in [-0.05, 0) is 54.5 Å². The Bertz CT molecular complexity index is 1000. The summed E-state index contributed by atoms with van der Waals surface area (Å²) in [7, 11) is 0. The highest BCUT2D eigenvalue weighted by molar-refractivity contribution is 6.06. The van der Waals surface area contributed by atoms with Gasteiger partial charge in [-0.2, -0.15) is 0 Å². The third kappa shape index (κ3) is 7.31. The van der Waals surface area contributed by atoms with Crippen molar-refractivity contribution in [1.82, 2.24) is 4.98 Å². The largest absolute Gasteiger partial charge is 0.490 e. The topological polar surface area (TPSA) is 31.4 Å². The fraction of sp³-hybridized carbons (Fsp3) is 0.552. The number of nitrogens with zero attached hydrogens (tertiary/aromatic N) is 1. The highest BCUT2D eigenvalue weighted by Crippen LogP contribution is 2.32. The summed E-state index contributed by atoms with van der Waals surface area (Å²) in [5.41, 5.74) is 0.820. The first-order valence-corrected chi connectivity index (χ1v) is 12.9. The van der Waals surface area contributed by atoms with E-state index in [0.29, 0.717) is 30.2 Å². The van der Waals surface area contributed by atoms with Gasteiger partial charge in [-0.15, -0.1) is 0 Å². The van der Waals surface area contributed by atoms with Crippen LogP contribution in [0, 0.1) is 11.7 Å². The lowest BCUT2D eigenvalue weighted by atomic mass is 10.0. The van der Waals surface area contributed by atoms with Crippen molar-refractivity contribution in [2.75, 3.05) is 13.2 Å². The van der Waals surface area contributed by atoms with Crippen LogP contribution in [0.4, 0.5) is 4.39 Å². The minimum Gasteiger partial charge on any atom is -0.490 e. The molecule has 0 fully saturated rings. The number of ether oxygens (including phenoxy) is 2. The summed E-state index contributed by atoms with van der Waals surface area (Å²) in [4.78, 5) is 4.63. The lowest BCUT2D eigenvalue weighted by molar-refractivity contribution is 0.289. The van der Waals surface area contributed by atoms with Gasteiger partial charge in [0.15, 0.2) is 11.6 Å². The molecule has 3 aromatic rings. The molecule has 1 aromatic heterocycles. The smallest absolute Gasteiger partial charge is 0.213 e. The van der Waals surface area contributed by atoms with Crippen LogP contribution in [-0.4, -0.2) is 18.2 Å². The van der Waals surface area contributed by atoms with E-state index < -0.39 is 0 Å². The first kappa shape index (κ1) is 25.3. The van der Waals surface area contributed by atoms with Gasteiger partial charge in [-0.25, -0.2) is 9.37 Å². The quantitative estimate of drug-likeness (QED) is 0.170. The summed E-state index contributed by atoms with van der Waals surface area (Å²) in [5.74, 6) is 1.46. The summed E-state index contributed by atoms with van der Waals surface area (Å²) in [6.45, 7) is 7.98. The Hall–Kier alpha value is -2.36. The Morgan fingerprint density at radius 2 is 1.45 bits per heavy atom. The van der Waals surface area contributed by atoms with Gasteiger partial charge in [-0.3, -0.25) is 0 Å². The van der Waals surface area contributed by atoms with Crippen molar-refractivity contribution < 1.29 is 13.9 Å². The van der Waals surface area contributed by atoms with Gasteiger partial charge < -0.3 is 9.47 Å². The standard InChI is InChI=1S/C29H40FNO2/c1-4-6-7-8-11-21-33-28-19-16-24-23-15-18-27(29(30)25(23)14-17-26(24)31-28)32-20-12-9-10-13-22(3)5-2/h14-19,22H,4-13,20-21H2,1-3H3. The Labute approximate surface area is 198 Å². The van der Waals surface area contributed by atoms with Crippen molar-refractivity contribution in [2.45, 2.75) is 85.0 Å². The lowest BCUT2D eigenvalue weighted by Gasteiger charge is -2.12. The highest BCUT2D eigenvalue weighted by Gasteiger charge is 2.12. The molecule has 1 atom stereocenters. The molecular formula is C29H40FNO2. The molecule has 1 unspecified atom stereocenters. The van der Waals surface area contributed by atoms with Crippen LogP contribution < -0.4 is 9.47 Å². The number of benzene rings is 2. The van der Waals surface area contributed by atoms with Crippen LogP contribution in [0.5, 0.6) is 11.6 Å². The van der Waals surface area contributed by atoms with Gasteiger partial charge in [-0.1, -0.05) is 72.1 Å². The van der Waals surface area contributed by atoms with Crippen molar-refractivity contribution in [3.05, 3.63) is 42.2 Å². The molecule has 0 aliphatic rings. The van der Waals surface area contributed by atoms with Gasteiger partial charge in [0.25, 0.3) is 0 Å². The lowest BCUT2D eigenvalue weighted by Crippen LogP contribution is -2.01. The second-order valence-corrected chi connectivity index (χ2v) is 9.23. The van der Waals surface area contributed by atoms with Crippen LogP contribution >= 0.6 is 0 Å². The first-order valence-electron chi connectivity index (χ1n) is 12.9. The van der Waals surface area contributed by atoms with Crippen LogP contribution in [0.1, 0.15) is 85.0 Å². The molecule has 1 heterocycles. The normalized spacial score (nSPS) is 12.4. The molecule has 3 nitrogen and oxygen atoms in total. The van der Waals surface area contributed by atoms with E-state index in [1.165, 1.54) is 44.9 Å². The first-order chi connectivity index (χ1) is 16.1. The van der Waals surface area contributed by atoms with Gasteiger partial charge in [0.1, 0.15) is 0 Å². The van der Waals surface area contributed by atoms with Gasteiger partial charge in [0.05, 0.1) is 18.7 Å². The third-order valence-corrected chi connectivity index (χ3v) is 6.54. The molecule has 2 aromatic carbocycles. The number of pyridine rings is 1.